The third-order valence-electron chi connectivity index (χ3n) is 9.77. The highest BCUT2D eigenvalue weighted by atomic mass is 16.7. The van der Waals surface area contributed by atoms with Crippen LogP contribution in [0.2, 0.25) is 0 Å². The van der Waals surface area contributed by atoms with Crippen LogP contribution in [-0.4, -0.2) is 33.1 Å². The Balaban J connectivity index is 0. The molecule has 0 amide bonds. The van der Waals surface area contributed by atoms with E-state index in [0.717, 1.165) is 12.8 Å². The molecule has 45 heavy (non-hydrogen) atoms. The van der Waals surface area contributed by atoms with E-state index in [-0.39, 0.29) is 5.79 Å². The summed E-state index contributed by atoms with van der Waals surface area (Å²) in [6.07, 6.45) is 34.1. The highest BCUT2D eigenvalue weighted by Crippen LogP contribution is 2.33. The number of unbranched alkanes of at least 4 members (excludes halogenated alkanes) is 17. The highest BCUT2D eigenvalue weighted by molar-refractivity contribution is 4.77. The van der Waals surface area contributed by atoms with Gasteiger partial charge in [-0.15, -0.1) is 0 Å². The summed E-state index contributed by atoms with van der Waals surface area (Å²) in [6, 6.07) is 0. The Bertz CT molecular complexity index is 534. The quantitative estimate of drug-likeness (QED) is 0.0626. The van der Waals surface area contributed by atoms with Crippen molar-refractivity contribution < 1.29 is 9.47 Å². The Hall–Kier alpha value is -0.120. The van der Waals surface area contributed by atoms with Gasteiger partial charge in [0.25, 0.3) is 0 Å². The topological polar surface area (TPSA) is 30.5 Å². The van der Waals surface area contributed by atoms with Gasteiger partial charge in [-0.05, 0) is 68.9 Å². The zero-order valence-electron chi connectivity index (χ0n) is 33.5. The third-order valence-corrected chi connectivity index (χ3v) is 9.77. The molecule has 0 heterocycles. The summed E-state index contributed by atoms with van der Waals surface area (Å²) in [5.74, 6) is 0.154. The van der Waals surface area contributed by atoms with Gasteiger partial charge in [0.1, 0.15) is 0 Å². The molecular formula is C42H89NO2. The second kappa shape index (κ2) is 31.2. The van der Waals surface area contributed by atoms with Crippen LogP contribution in [0.4, 0.5) is 0 Å². The molecular weight excluding hydrogens is 550 g/mol. The predicted molar refractivity (Wildman–Crippen MR) is 204 cm³/mol. The molecule has 1 unspecified atom stereocenters. The van der Waals surface area contributed by atoms with E-state index in [0.29, 0.717) is 16.7 Å². The number of hydrogen-bond acceptors (Lipinski definition) is 3. The van der Waals surface area contributed by atoms with Gasteiger partial charge in [-0.3, -0.25) is 0 Å². The van der Waals surface area contributed by atoms with E-state index in [1.54, 1.807) is 14.2 Å². The molecule has 1 atom stereocenters. The summed E-state index contributed by atoms with van der Waals surface area (Å²) < 4.78 is 11.3. The Morgan fingerprint density at radius 1 is 0.467 bits per heavy atom. The zero-order chi connectivity index (χ0) is 34.3. The summed E-state index contributed by atoms with van der Waals surface area (Å²) in [5, 5.41) is 3.64. The lowest BCUT2D eigenvalue weighted by atomic mass is 9.88. The molecule has 0 aliphatic heterocycles. The van der Waals surface area contributed by atoms with Gasteiger partial charge in [-0.1, -0.05) is 178 Å². The molecule has 0 aromatic heterocycles. The first kappa shape index (κ1) is 47.0. The van der Waals surface area contributed by atoms with Crippen LogP contribution in [0.25, 0.3) is 0 Å². The number of hydrogen-bond donors (Lipinski definition) is 1. The molecule has 0 bridgehead atoms. The van der Waals surface area contributed by atoms with Crippen LogP contribution in [0, 0.1) is 16.7 Å². The van der Waals surface area contributed by atoms with Crippen molar-refractivity contribution in [3.8, 4) is 0 Å². The Morgan fingerprint density at radius 2 is 0.822 bits per heavy atom. The zero-order valence-corrected chi connectivity index (χ0v) is 33.5. The fourth-order valence-electron chi connectivity index (χ4n) is 6.60. The lowest BCUT2D eigenvalue weighted by molar-refractivity contribution is -0.243. The molecule has 0 aliphatic carbocycles. The van der Waals surface area contributed by atoms with Gasteiger partial charge in [0.15, 0.2) is 5.79 Å². The molecule has 0 aromatic rings. The molecule has 0 aromatic carbocycles. The summed E-state index contributed by atoms with van der Waals surface area (Å²) in [7, 11) is 3.55. The van der Waals surface area contributed by atoms with Crippen LogP contribution in [-0.2, 0) is 9.47 Å². The summed E-state index contributed by atoms with van der Waals surface area (Å²) in [4.78, 5) is 0. The third kappa shape index (κ3) is 32.2. The normalized spacial score (nSPS) is 13.1. The lowest BCUT2D eigenvalue weighted by Gasteiger charge is -2.37. The van der Waals surface area contributed by atoms with Crippen LogP contribution < -0.4 is 5.32 Å². The molecule has 274 valence electrons. The number of nitrogens with one attached hydrogen (secondary N) is 1. The second-order valence-corrected chi connectivity index (χ2v) is 16.6. The monoisotopic (exact) mass is 640 g/mol. The molecule has 1 N–H and O–H groups in total. The maximum absolute atomic E-state index is 5.66. The van der Waals surface area contributed by atoms with Gasteiger partial charge in [-0.25, -0.2) is 0 Å². The Kier molecular flexibility index (Phi) is 32.5. The van der Waals surface area contributed by atoms with Gasteiger partial charge in [0, 0.05) is 20.1 Å². The van der Waals surface area contributed by atoms with Crippen molar-refractivity contribution in [2.45, 2.75) is 229 Å². The van der Waals surface area contributed by atoms with E-state index >= 15 is 0 Å². The standard InChI is InChI=1S/C26H55N.C16H34O2/c1-25(2,3)21-17-13-9-7-11-15-19-23-27-24-20-16-12-8-10-14-18-22-26(4,5)6;1-6-9-10-11-12-13-14-15(7-2)16(8-3,17-4)18-5/h27H,7-24H2,1-6H3;15H,6-14H2,1-5H3. The van der Waals surface area contributed by atoms with Crippen molar-refractivity contribution in [1.82, 2.24) is 5.32 Å². The largest absolute Gasteiger partial charge is 0.353 e. The smallest absolute Gasteiger partial charge is 0.170 e. The van der Waals surface area contributed by atoms with Gasteiger partial charge < -0.3 is 14.8 Å². The molecule has 0 rings (SSSR count). The second-order valence-electron chi connectivity index (χ2n) is 16.6. The molecule has 0 spiro atoms. The summed E-state index contributed by atoms with van der Waals surface area (Å²) >= 11 is 0. The maximum Gasteiger partial charge on any atom is 0.170 e. The summed E-state index contributed by atoms with van der Waals surface area (Å²) in [6.45, 7) is 23.3. The maximum atomic E-state index is 5.66. The van der Waals surface area contributed by atoms with E-state index < -0.39 is 0 Å². The van der Waals surface area contributed by atoms with Crippen molar-refractivity contribution in [1.29, 1.82) is 0 Å². The van der Waals surface area contributed by atoms with Crippen molar-refractivity contribution in [3.05, 3.63) is 0 Å². The average molecular weight is 640 g/mol. The minimum absolute atomic E-state index is 0.363. The number of methoxy groups -OCH3 is 2. The van der Waals surface area contributed by atoms with Crippen LogP contribution in [0.1, 0.15) is 223 Å². The minimum atomic E-state index is -0.363. The van der Waals surface area contributed by atoms with Gasteiger partial charge in [-0.2, -0.15) is 0 Å². The fourth-order valence-corrected chi connectivity index (χ4v) is 6.60. The molecule has 0 aliphatic rings. The van der Waals surface area contributed by atoms with Crippen molar-refractivity contribution in [3.63, 3.8) is 0 Å². The predicted octanol–water partition coefficient (Wildman–Crippen LogP) is 14.1. The van der Waals surface area contributed by atoms with Gasteiger partial charge in [0.2, 0.25) is 0 Å². The molecule has 3 heteroatoms. The molecule has 0 saturated heterocycles. The molecule has 0 fully saturated rings. The molecule has 3 nitrogen and oxygen atoms in total. The van der Waals surface area contributed by atoms with E-state index in [1.807, 2.05) is 0 Å². The van der Waals surface area contributed by atoms with Crippen LogP contribution in [0.5, 0.6) is 0 Å². The van der Waals surface area contributed by atoms with Crippen LogP contribution in [0.3, 0.4) is 0 Å². The Labute approximate surface area is 286 Å². The average Bonchev–Trinajstić information content (AvgIpc) is 2.99. The van der Waals surface area contributed by atoms with Crippen molar-refractivity contribution in [2.24, 2.45) is 16.7 Å². The van der Waals surface area contributed by atoms with E-state index in [1.165, 1.54) is 161 Å². The van der Waals surface area contributed by atoms with Crippen LogP contribution in [0.15, 0.2) is 0 Å². The van der Waals surface area contributed by atoms with Crippen LogP contribution >= 0.6 is 0 Å². The highest BCUT2D eigenvalue weighted by Gasteiger charge is 2.35. The van der Waals surface area contributed by atoms with E-state index in [9.17, 15) is 0 Å². The lowest BCUT2D eigenvalue weighted by Crippen LogP contribution is -2.41. The first-order valence-corrected chi connectivity index (χ1v) is 20.2. The number of ether oxygens (including phenoxy) is 2. The Morgan fingerprint density at radius 3 is 1.16 bits per heavy atom. The first-order chi connectivity index (χ1) is 21.4. The van der Waals surface area contributed by atoms with Crippen molar-refractivity contribution >= 4 is 0 Å². The molecule has 0 radical (unpaired) electrons. The van der Waals surface area contributed by atoms with E-state index in [4.69, 9.17) is 9.47 Å². The van der Waals surface area contributed by atoms with E-state index in [2.05, 4.69) is 67.6 Å². The fraction of sp³-hybridized carbons (Fsp3) is 1.00. The van der Waals surface area contributed by atoms with Gasteiger partial charge in [0.05, 0.1) is 0 Å². The van der Waals surface area contributed by atoms with Crippen molar-refractivity contribution in [2.75, 3.05) is 27.3 Å². The minimum Gasteiger partial charge on any atom is -0.353 e. The SMILES string of the molecule is CC(C)(C)CCCCCCCCCNCCCCCCCCCC(C)(C)C.CCCCCCCCC(CC)C(CC)(OC)OC. The first-order valence-electron chi connectivity index (χ1n) is 20.2. The van der Waals surface area contributed by atoms with Gasteiger partial charge >= 0.3 is 0 Å². The molecule has 0 saturated carbocycles. The summed E-state index contributed by atoms with van der Waals surface area (Å²) in [5.41, 5.74) is 1.05. The number of rotatable bonds is 30.